The van der Waals surface area contributed by atoms with Gasteiger partial charge < -0.3 is 4.74 Å². The molecule has 3 aliphatic rings. The number of hydrogen-bond donors (Lipinski definition) is 0. The molecule has 0 aromatic rings. The first kappa shape index (κ1) is 11.7. The molecule has 0 amide bonds. The monoisotopic (exact) mass is 236 g/mol. The molecule has 3 fully saturated rings. The standard InChI is InChI=1S/C15H24O2/c1-10-5-11-6-15(9-14(11,3)17-4)8-12(16)7-13(10,15)2/h10-11H,5-9H2,1-4H3/t10-,11-,13+,14+,15-/m1/s1. The number of fused-ring (bicyclic) bond motifs is 1. The van der Waals surface area contributed by atoms with Crippen molar-refractivity contribution < 1.29 is 9.53 Å². The smallest absolute Gasteiger partial charge is 0.134 e. The molecule has 2 nitrogen and oxygen atoms in total. The minimum Gasteiger partial charge on any atom is -0.378 e. The molecule has 0 aromatic carbocycles. The van der Waals surface area contributed by atoms with Gasteiger partial charge in [-0.05, 0) is 48.9 Å². The Morgan fingerprint density at radius 2 is 2.00 bits per heavy atom. The zero-order chi connectivity index (χ0) is 12.5. The third-order valence-corrected chi connectivity index (χ3v) is 6.69. The maximum atomic E-state index is 12.0. The summed E-state index contributed by atoms with van der Waals surface area (Å²) in [6.45, 7) is 6.97. The second-order valence-electron chi connectivity index (χ2n) is 7.32. The Bertz CT molecular complexity index is 377. The van der Waals surface area contributed by atoms with Crippen LogP contribution in [0.5, 0.6) is 0 Å². The van der Waals surface area contributed by atoms with Crippen molar-refractivity contribution in [3.63, 3.8) is 0 Å². The molecule has 0 heterocycles. The van der Waals surface area contributed by atoms with Crippen molar-refractivity contribution in [2.24, 2.45) is 22.7 Å². The highest BCUT2D eigenvalue weighted by atomic mass is 16.5. The number of carbonyl (C=O) groups is 1. The van der Waals surface area contributed by atoms with E-state index in [2.05, 4.69) is 20.8 Å². The van der Waals surface area contributed by atoms with Gasteiger partial charge in [0, 0.05) is 20.0 Å². The van der Waals surface area contributed by atoms with Gasteiger partial charge in [-0.3, -0.25) is 4.79 Å². The molecule has 2 bridgehead atoms. The largest absolute Gasteiger partial charge is 0.378 e. The highest BCUT2D eigenvalue weighted by Crippen LogP contribution is 2.71. The van der Waals surface area contributed by atoms with Crippen LogP contribution in [0.3, 0.4) is 0 Å². The van der Waals surface area contributed by atoms with Gasteiger partial charge in [0.25, 0.3) is 0 Å². The molecule has 0 unspecified atom stereocenters. The lowest BCUT2D eigenvalue weighted by molar-refractivity contribution is -0.118. The second-order valence-corrected chi connectivity index (χ2v) is 7.32. The number of methoxy groups -OCH3 is 1. The van der Waals surface area contributed by atoms with Crippen molar-refractivity contribution in [1.29, 1.82) is 0 Å². The van der Waals surface area contributed by atoms with E-state index >= 15 is 0 Å². The molecule has 17 heavy (non-hydrogen) atoms. The van der Waals surface area contributed by atoms with E-state index in [1.807, 2.05) is 7.11 Å². The molecule has 0 saturated heterocycles. The minimum atomic E-state index is 0.0106. The minimum absolute atomic E-state index is 0.0106. The molecule has 1 spiro atoms. The van der Waals surface area contributed by atoms with Gasteiger partial charge in [0.2, 0.25) is 0 Å². The fraction of sp³-hybridized carbons (Fsp3) is 0.933. The molecule has 96 valence electrons. The van der Waals surface area contributed by atoms with Crippen LogP contribution in [0.2, 0.25) is 0 Å². The zero-order valence-corrected chi connectivity index (χ0v) is 11.5. The zero-order valence-electron chi connectivity index (χ0n) is 11.5. The van der Waals surface area contributed by atoms with Crippen molar-refractivity contribution in [2.45, 2.75) is 58.5 Å². The Balaban J connectivity index is 2.07. The summed E-state index contributed by atoms with van der Waals surface area (Å²) in [6.07, 6.45) is 5.15. The highest BCUT2D eigenvalue weighted by Gasteiger charge is 2.68. The molecule has 0 N–H and O–H groups in total. The predicted molar refractivity (Wildman–Crippen MR) is 66.7 cm³/mol. The van der Waals surface area contributed by atoms with Crippen molar-refractivity contribution in [3.05, 3.63) is 0 Å². The van der Waals surface area contributed by atoms with E-state index < -0.39 is 0 Å². The first-order chi connectivity index (χ1) is 7.85. The Labute approximate surface area is 104 Å². The normalized spacial score (nSPS) is 57.3. The number of carbonyl (C=O) groups excluding carboxylic acids is 1. The molecule has 2 heteroatoms. The van der Waals surface area contributed by atoms with Crippen LogP contribution in [0.4, 0.5) is 0 Å². The van der Waals surface area contributed by atoms with Gasteiger partial charge in [-0.25, -0.2) is 0 Å². The molecule has 0 radical (unpaired) electrons. The lowest BCUT2D eigenvalue weighted by Crippen LogP contribution is -2.41. The Kier molecular flexibility index (Phi) is 2.16. The molecular weight excluding hydrogens is 212 g/mol. The van der Waals surface area contributed by atoms with Crippen LogP contribution >= 0.6 is 0 Å². The molecule has 3 rings (SSSR count). The summed E-state index contributed by atoms with van der Waals surface area (Å²) in [6, 6.07) is 0. The number of ether oxygens (including phenoxy) is 1. The van der Waals surface area contributed by atoms with E-state index in [0.717, 1.165) is 19.3 Å². The van der Waals surface area contributed by atoms with E-state index in [-0.39, 0.29) is 16.4 Å². The average Bonchev–Trinajstić information content (AvgIpc) is 2.63. The van der Waals surface area contributed by atoms with Crippen LogP contribution in [0.15, 0.2) is 0 Å². The number of Topliss-reactive ketones (excluding diaryl/α,β-unsaturated/α-hetero) is 1. The lowest BCUT2D eigenvalue weighted by atomic mass is 9.55. The summed E-state index contributed by atoms with van der Waals surface area (Å²) in [5.41, 5.74) is 0.491. The summed E-state index contributed by atoms with van der Waals surface area (Å²) in [5.74, 6) is 1.80. The SMILES string of the molecule is CO[C@@]1(C)C[C@@]23CC(=O)C[C@@]2(C)[C@H](C)C[C@@H]1C3. The number of rotatable bonds is 1. The van der Waals surface area contributed by atoms with E-state index in [4.69, 9.17) is 4.74 Å². The van der Waals surface area contributed by atoms with Gasteiger partial charge in [0.15, 0.2) is 0 Å². The van der Waals surface area contributed by atoms with Gasteiger partial charge in [-0.2, -0.15) is 0 Å². The highest BCUT2D eigenvalue weighted by molar-refractivity contribution is 5.83. The van der Waals surface area contributed by atoms with E-state index in [9.17, 15) is 4.79 Å². The molecule has 0 aliphatic heterocycles. The molecule has 3 aliphatic carbocycles. The van der Waals surface area contributed by atoms with E-state index in [0.29, 0.717) is 17.6 Å². The first-order valence-electron chi connectivity index (χ1n) is 6.92. The van der Waals surface area contributed by atoms with Gasteiger partial charge in [0.05, 0.1) is 5.60 Å². The van der Waals surface area contributed by atoms with E-state index in [1.165, 1.54) is 12.8 Å². The molecule has 5 atom stereocenters. The van der Waals surface area contributed by atoms with Crippen LogP contribution < -0.4 is 0 Å². The van der Waals surface area contributed by atoms with Crippen LogP contribution in [0, 0.1) is 22.7 Å². The quantitative estimate of drug-likeness (QED) is 0.699. The molecular formula is C15H24O2. The summed E-state index contributed by atoms with van der Waals surface area (Å²) >= 11 is 0. The summed E-state index contributed by atoms with van der Waals surface area (Å²) < 4.78 is 5.83. The maximum Gasteiger partial charge on any atom is 0.134 e. The summed E-state index contributed by atoms with van der Waals surface area (Å²) in [7, 11) is 1.84. The number of hydrogen-bond acceptors (Lipinski definition) is 2. The summed E-state index contributed by atoms with van der Waals surface area (Å²) in [5, 5.41) is 0. The Morgan fingerprint density at radius 1 is 1.29 bits per heavy atom. The number of ketones is 1. The van der Waals surface area contributed by atoms with Crippen LogP contribution in [0.1, 0.15) is 52.9 Å². The maximum absolute atomic E-state index is 12.0. The van der Waals surface area contributed by atoms with Gasteiger partial charge in [-0.1, -0.05) is 13.8 Å². The van der Waals surface area contributed by atoms with Gasteiger partial charge >= 0.3 is 0 Å². The third-order valence-electron chi connectivity index (χ3n) is 6.69. The van der Waals surface area contributed by atoms with Crippen molar-refractivity contribution in [3.8, 4) is 0 Å². The molecule has 3 saturated carbocycles. The summed E-state index contributed by atoms with van der Waals surface area (Å²) in [4.78, 5) is 12.0. The molecule has 0 aromatic heterocycles. The van der Waals surface area contributed by atoms with Crippen LogP contribution in [-0.4, -0.2) is 18.5 Å². The second kappa shape index (κ2) is 3.14. The Hall–Kier alpha value is -0.370. The Morgan fingerprint density at radius 3 is 2.65 bits per heavy atom. The average molecular weight is 236 g/mol. The van der Waals surface area contributed by atoms with Crippen LogP contribution in [0.25, 0.3) is 0 Å². The van der Waals surface area contributed by atoms with Crippen molar-refractivity contribution >= 4 is 5.78 Å². The lowest BCUT2D eigenvalue weighted by Gasteiger charge is -2.48. The fourth-order valence-electron chi connectivity index (χ4n) is 5.34. The van der Waals surface area contributed by atoms with Gasteiger partial charge in [-0.15, -0.1) is 0 Å². The van der Waals surface area contributed by atoms with Gasteiger partial charge in [0.1, 0.15) is 5.78 Å². The third kappa shape index (κ3) is 1.23. The van der Waals surface area contributed by atoms with Crippen molar-refractivity contribution in [1.82, 2.24) is 0 Å². The van der Waals surface area contributed by atoms with Crippen molar-refractivity contribution in [2.75, 3.05) is 7.11 Å². The predicted octanol–water partition coefficient (Wildman–Crippen LogP) is 3.20. The van der Waals surface area contributed by atoms with E-state index in [1.54, 1.807) is 0 Å². The first-order valence-corrected chi connectivity index (χ1v) is 6.92. The van der Waals surface area contributed by atoms with Crippen LogP contribution in [-0.2, 0) is 9.53 Å². The topological polar surface area (TPSA) is 26.3 Å². The fourth-order valence-corrected chi connectivity index (χ4v) is 5.34.